The van der Waals surface area contributed by atoms with Gasteiger partial charge in [-0.15, -0.1) is 0 Å². The lowest BCUT2D eigenvalue weighted by atomic mass is 9.90. The van der Waals surface area contributed by atoms with Crippen LogP contribution in [0, 0.1) is 5.92 Å². The van der Waals surface area contributed by atoms with Gasteiger partial charge in [0, 0.05) is 64.2 Å². The number of allylic oxidation sites excluding steroid dienone is 3. The van der Waals surface area contributed by atoms with Gasteiger partial charge in [-0.05, 0) is 44.9 Å². The van der Waals surface area contributed by atoms with E-state index < -0.39 is 0 Å². The molecular formula is C29H46O5. The lowest BCUT2D eigenvalue weighted by molar-refractivity contribution is -0.128. The van der Waals surface area contributed by atoms with Gasteiger partial charge in [-0.3, -0.25) is 24.0 Å². The van der Waals surface area contributed by atoms with E-state index in [-0.39, 0.29) is 11.6 Å². The molecule has 5 nitrogen and oxygen atoms in total. The fraction of sp³-hybridized carbons (Fsp3) is 0.690. The van der Waals surface area contributed by atoms with E-state index in [0.717, 1.165) is 70.1 Å². The van der Waals surface area contributed by atoms with Crippen molar-refractivity contribution in [1.82, 2.24) is 0 Å². The summed E-state index contributed by atoms with van der Waals surface area (Å²) in [7, 11) is 0. The molecule has 0 bridgehead atoms. The average Bonchev–Trinajstić information content (AvgIpc) is 2.84. The van der Waals surface area contributed by atoms with E-state index in [0.29, 0.717) is 49.5 Å². The predicted octanol–water partition coefficient (Wildman–Crippen LogP) is 6.86. The van der Waals surface area contributed by atoms with Crippen LogP contribution >= 0.6 is 0 Å². The van der Waals surface area contributed by atoms with E-state index in [4.69, 9.17) is 0 Å². The molecule has 0 aromatic rings. The molecule has 4 rings (SSSR count). The first kappa shape index (κ1) is 31.8. The Morgan fingerprint density at radius 3 is 1.24 bits per heavy atom. The van der Waals surface area contributed by atoms with Gasteiger partial charge < -0.3 is 0 Å². The van der Waals surface area contributed by atoms with E-state index in [1.54, 1.807) is 0 Å². The Labute approximate surface area is 206 Å². The van der Waals surface area contributed by atoms with Crippen LogP contribution in [0.3, 0.4) is 0 Å². The summed E-state index contributed by atoms with van der Waals surface area (Å²) >= 11 is 0. The molecule has 0 spiro atoms. The van der Waals surface area contributed by atoms with Crippen molar-refractivity contribution < 1.29 is 24.0 Å². The van der Waals surface area contributed by atoms with Crippen molar-refractivity contribution in [3.8, 4) is 0 Å². The van der Waals surface area contributed by atoms with E-state index >= 15 is 0 Å². The summed E-state index contributed by atoms with van der Waals surface area (Å²) in [5.41, 5.74) is 2.61. The Kier molecular flexibility index (Phi) is 17.9. The van der Waals surface area contributed by atoms with Crippen molar-refractivity contribution >= 4 is 28.9 Å². The van der Waals surface area contributed by atoms with Crippen LogP contribution < -0.4 is 0 Å². The van der Waals surface area contributed by atoms with Gasteiger partial charge in [0.25, 0.3) is 0 Å². The third kappa shape index (κ3) is 17.3. The number of Topliss-reactive ketones (excluding diaryl/α,β-unsaturated/α-hetero) is 5. The maximum Gasteiger partial charge on any atom is 0.136 e. The molecule has 5 heteroatoms. The molecule has 3 saturated carbocycles. The third-order valence-electron chi connectivity index (χ3n) is 6.19. The number of carbonyl (C=O) groups is 5. The standard InChI is InChI=1S/C7H12O.2C7H10O.C6H8O2.C2H6/c3*1-6-2-4-7(8)5-3-6;7-5-1-2-6(8)4-3-5;1-2/h6H,2-5H2,1H3;2H,3-5H2,1H3;1-5H2;1-4H2;1-2H3. The van der Waals surface area contributed by atoms with Gasteiger partial charge in [0.05, 0.1) is 0 Å². The van der Waals surface area contributed by atoms with Gasteiger partial charge in [-0.25, -0.2) is 0 Å². The summed E-state index contributed by atoms with van der Waals surface area (Å²) in [5, 5.41) is 0. The second-order valence-corrected chi connectivity index (χ2v) is 9.38. The zero-order chi connectivity index (χ0) is 25.9. The lowest BCUT2D eigenvalue weighted by Gasteiger charge is -2.14. The highest BCUT2D eigenvalue weighted by Crippen LogP contribution is 2.20. The van der Waals surface area contributed by atoms with Gasteiger partial charge in [0.15, 0.2) is 0 Å². The molecule has 0 unspecified atom stereocenters. The van der Waals surface area contributed by atoms with Gasteiger partial charge in [-0.1, -0.05) is 44.6 Å². The molecule has 34 heavy (non-hydrogen) atoms. The second kappa shape index (κ2) is 19.2. The maximum atomic E-state index is 10.6. The molecule has 0 N–H and O–H groups in total. The van der Waals surface area contributed by atoms with E-state index in [1.165, 1.54) is 11.1 Å². The van der Waals surface area contributed by atoms with E-state index in [9.17, 15) is 24.0 Å². The quantitative estimate of drug-likeness (QED) is 0.358. The molecule has 0 aromatic heterocycles. The number of hydrogen-bond donors (Lipinski definition) is 0. The molecule has 3 fully saturated rings. The smallest absolute Gasteiger partial charge is 0.136 e. The maximum absolute atomic E-state index is 10.6. The second-order valence-electron chi connectivity index (χ2n) is 9.38. The zero-order valence-electron chi connectivity index (χ0n) is 22.0. The van der Waals surface area contributed by atoms with Crippen LogP contribution in [0.5, 0.6) is 0 Å². The molecule has 0 radical (unpaired) electrons. The minimum atomic E-state index is 0.240. The Hall–Kier alpha value is -2.17. The summed E-state index contributed by atoms with van der Waals surface area (Å²) < 4.78 is 0. The molecule has 0 saturated heterocycles. The monoisotopic (exact) mass is 474 g/mol. The highest BCUT2D eigenvalue weighted by molar-refractivity contribution is 5.92. The van der Waals surface area contributed by atoms with Gasteiger partial charge >= 0.3 is 0 Å². The Morgan fingerprint density at radius 1 is 0.588 bits per heavy atom. The van der Waals surface area contributed by atoms with Crippen molar-refractivity contribution in [3.05, 3.63) is 23.8 Å². The molecule has 0 aliphatic heterocycles. The summed E-state index contributed by atoms with van der Waals surface area (Å²) in [6.45, 7) is 12.1. The first-order valence-corrected chi connectivity index (χ1v) is 13.1. The van der Waals surface area contributed by atoms with E-state index in [2.05, 4.69) is 20.4 Å². The summed E-state index contributed by atoms with van der Waals surface area (Å²) in [6, 6.07) is 0. The minimum absolute atomic E-state index is 0.240. The average molecular weight is 475 g/mol. The van der Waals surface area contributed by atoms with Crippen LogP contribution in [0.4, 0.5) is 0 Å². The third-order valence-corrected chi connectivity index (χ3v) is 6.19. The van der Waals surface area contributed by atoms with Crippen LogP contribution in [-0.2, 0) is 24.0 Å². The molecule has 0 heterocycles. The number of rotatable bonds is 0. The van der Waals surface area contributed by atoms with Crippen molar-refractivity contribution in [2.45, 2.75) is 124 Å². The van der Waals surface area contributed by atoms with Crippen LogP contribution in [-0.4, -0.2) is 28.9 Å². The lowest BCUT2D eigenvalue weighted by Crippen LogP contribution is -2.12. The molecular weight excluding hydrogens is 428 g/mol. The largest absolute Gasteiger partial charge is 0.300 e. The molecule has 4 aliphatic carbocycles. The number of hydrogen-bond acceptors (Lipinski definition) is 5. The van der Waals surface area contributed by atoms with Crippen LogP contribution in [0.25, 0.3) is 0 Å². The Morgan fingerprint density at radius 2 is 0.941 bits per heavy atom. The highest BCUT2D eigenvalue weighted by atomic mass is 16.1. The number of ketones is 5. The first-order valence-electron chi connectivity index (χ1n) is 13.1. The molecule has 0 atom stereocenters. The molecule has 0 aromatic carbocycles. The van der Waals surface area contributed by atoms with Crippen molar-refractivity contribution in [1.29, 1.82) is 0 Å². The molecule has 192 valence electrons. The van der Waals surface area contributed by atoms with Crippen molar-refractivity contribution in [2.75, 3.05) is 0 Å². The summed E-state index contributed by atoms with van der Waals surface area (Å²) in [6.07, 6.45) is 13.6. The van der Waals surface area contributed by atoms with Crippen LogP contribution in [0.1, 0.15) is 124 Å². The Bertz CT molecular complexity index is 631. The zero-order valence-corrected chi connectivity index (χ0v) is 22.0. The molecule has 0 amide bonds. The SMILES string of the molecule is C=C1CCC(=O)CC1.CC.CC1=CCC(=O)CC1.CC1CCC(=O)CC1.O=C1CCC(=O)CC1. The summed E-state index contributed by atoms with van der Waals surface area (Å²) in [5.74, 6) is 2.53. The Balaban J connectivity index is 0.000000416. The van der Waals surface area contributed by atoms with Crippen molar-refractivity contribution in [2.24, 2.45) is 5.92 Å². The van der Waals surface area contributed by atoms with E-state index in [1.807, 2.05) is 19.9 Å². The highest BCUT2D eigenvalue weighted by Gasteiger charge is 2.14. The van der Waals surface area contributed by atoms with Crippen molar-refractivity contribution in [3.63, 3.8) is 0 Å². The van der Waals surface area contributed by atoms with Crippen LogP contribution in [0.15, 0.2) is 23.8 Å². The van der Waals surface area contributed by atoms with Gasteiger partial charge in [-0.2, -0.15) is 0 Å². The first-order chi connectivity index (χ1) is 16.2. The number of carbonyl (C=O) groups excluding carboxylic acids is 5. The fourth-order valence-corrected chi connectivity index (χ4v) is 3.60. The van der Waals surface area contributed by atoms with Gasteiger partial charge in [0.1, 0.15) is 28.9 Å². The predicted molar refractivity (Wildman–Crippen MR) is 138 cm³/mol. The topological polar surface area (TPSA) is 85.3 Å². The minimum Gasteiger partial charge on any atom is -0.300 e. The molecule has 4 aliphatic rings. The fourth-order valence-electron chi connectivity index (χ4n) is 3.60. The summed E-state index contributed by atoms with van der Waals surface area (Å²) in [4.78, 5) is 52.7. The van der Waals surface area contributed by atoms with Crippen LogP contribution in [0.2, 0.25) is 0 Å². The normalized spacial score (nSPS) is 20.8. The van der Waals surface area contributed by atoms with Gasteiger partial charge in [0.2, 0.25) is 0 Å².